The maximum absolute atomic E-state index is 11.6. The summed E-state index contributed by atoms with van der Waals surface area (Å²) in [6, 6.07) is 17.2. The third-order valence-electron chi connectivity index (χ3n) is 2.26. The fraction of sp³-hybridized carbons (Fsp3) is 0.133. The average Bonchev–Trinajstić information content (AvgIpc) is 2.40. The standard InChI is InChI=1S/C15H13O3/c1-2-17-15(16)12-7-6-10-14(11-12)18-13-8-4-3-5-9-13/h3-9,11H,2H2,1H3. The van der Waals surface area contributed by atoms with E-state index in [1.807, 2.05) is 30.3 Å². The highest BCUT2D eigenvalue weighted by Crippen LogP contribution is 2.21. The summed E-state index contributed by atoms with van der Waals surface area (Å²) in [6.07, 6.45) is 0. The van der Waals surface area contributed by atoms with Crippen molar-refractivity contribution in [3.63, 3.8) is 0 Å². The van der Waals surface area contributed by atoms with Crippen LogP contribution < -0.4 is 4.74 Å². The van der Waals surface area contributed by atoms with Gasteiger partial charge in [0.05, 0.1) is 12.2 Å². The molecule has 0 aliphatic carbocycles. The van der Waals surface area contributed by atoms with Crippen LogP contribution >= 0.6 is 0 Å². The molecule has 0 fully saturated rings. The van der Waals surface area contributed by atoms with E-state index in [4.69, 9.17) is 9.47 Å². The minimum atomic E-state index is -0.357. The van der Waals surface area contributed by atoms with Crippen molar-refractivity contribution in [2.45, 2.75) is 6.92 Å². The van der Waals surface area contributed by atoms with E-state index >= 15 is 0 Å². The Labute approximate surface area is 106 Å². The fourth-order valence-corrected chi connectivity index (χ4v) is 1.46. The van der Waals surface area contributed by atoms with Crippen molar-refractivity contribution in [1.29, 1.82) is 0 Å². The van der Waals surface area contributed by atoms with E-state index in [9.17, 15) is 4.79 Å². The highest BCUT2D eigenvalue weighted by molar-refractivity contribution is 5.89. The highest BCUT2D eigenvalue weighted by Gasteiger charge is 2.07. The smallest absolute Gasteiger partial charge is 0.338 e. The van der Waals surface area contributed by atoms with Crippen LogP contribution in [0, 0.1) is 6.07 Å². The number of hydrogen-bond donors (Lipinski definition) is 0. The van der Waals surface area contributed by atoms with Gasteiger partial charge in [0, 0.05) is 6.07 Å². The second-order valence-electron chi connectivity index (χ2n) is 3.58. The molecule has 2 rings (SSSR count). The lowest BCUT2D eigenvalue weighted by Crippen LogP contribution is -2.04. The summed E-state index contributed by atoms with van der Waals surface area (Å²) >= 11 is 0. The Bertz CT molecular complexity index is 520. The second kappa shape index (κ2) is 5.87. The summed E-state index contributed by atoms with van der Waals surface area (Å²) in [7, 11) is 0. The van der Waals surface area contributed by atoms with Crippen LogP contribution in [0.15, 0.2) is 48.5 Å². The van der Waals surface area contributed by atoms with Crippen LogP contribution in [0.2, 0.25) is 0 Å². The molecule has 0 aliphatic rings. The molecule has 0 heterocycles. The van der Waals surface area contributed by atoms with Gasteiger partial charge in [-0.05, 0) is 37.3 Å². The zero-order chi connectivity index (χ0) is 12.8. The second-order valence-corrected chi connectivity index (χ2v) is 3.58. The van der Waals surface area contributed by atoms with Crippen LogP contribution in [0.4, 0.5) is 0 Å². The van der Waals surface area contributed by atoms with E-state index in [-0.39, 0.29) is 5.97 Å². The van der Waals surface area contributed by atoms with Gasteiger partial charge in [-0.2, -0.15) is 0 Å². The Morgan fingerprint density at radius 3 is 2.72 bits per heavy atom. The maximum Gasteiger partial charge on any atom is 0.338 e. The van der Waals surface area contributed by atoms with Crippen LogP contribution in [-0.4, -0.2) is 12.6 Å². The first kappa shape index (κ1) is 12.2. The molecule has 0 aromatic heterocycles. The molecule has 0 atom stereocenters. The van der Waals surface area contributed by atoms with E-state index in [1.54, 1.807) is 25.1 Å². The number of hydrogen-bond acceptors (Lipinski definition) is 3. The maximum atomic E-state index is 11.6. The zero-order valence-corrected chi connectivity index (χ0v) is 10.1. The number of rotatable bonds is 4. The Hall–Kier alpha value is -2.29. The SMILES string of the molecule is CCOC(=O)c1cc[c]c(Oc2ccccc2)c1. The Balaban J connectivity index is 2.15. The lowest BCUT2D eigenvalue weighted by molar-refractivity contribution is 0.0526. The number of carbonyl (C=O) groups is 1. The minimum Gasteiger partial charge on any atom is -0.462 e. The van der Waals surface area contributed by atoms with Gasteiger partial charge in [-0.15, -0.1) is 0 Å². The zero-order valence-electron chi connectivity index (χ0n) is 10.1. The number of benzene rings is 2. The highest BCUT2D eigenvalue weighted by atomic mass is 16.5. The van der Waals surface area contributed by atoms with Gasteiger partial charge in [0.2, 0.25) is 0 Å². The molecular weight excluding hydrogens is 228 g/mol. The van der Waals surface area contributed by atoms with Crippen LogP contribution in [0.1, 0.15) is 17.3 Å². The van der Waals surface area contributed by atoms with Gasteiger partial charge in [0.15, 0.2) is 0 Å². The van der Waals surface area contributed by atoms with Gasteiger partial charge in [-0.3, -0.25) is 0 Å². The molecule has 0 spiro atoms. The summed E-state index contributed by atoms with van der Waals surface area (Å²) in [4.78, 5) is 11.6. The molecule has 3 nitrogen and oxygen atoms in total. The molecule has 0 saturated heterocycles. The largest absolute Gasteiger partial charge is 0.462 e. The molecule has 0 saturated carbocycles. The Kier molecular flexibility index (Phi) is 3.97. The molecule has 1 radical (unpaired) electrons. The summed E-state index contributed by atoms with van der Waals surface area (Å²) in [5.41, 5.74) is 0.460. The van der Waals surface area contributed by atoms with Gasteiger partial charge in [0.25, 0.3) is 0 Å². The quantitative estimate of drug-likeness (QED) is 0.769. The average molecular weight is 241 g/mol. The van der Waals surface area contributed by atoms with Crippen LogP contribution in [-0.2, 0) is 4.74 Å². The van der Waals surface area contributed by atoms with Gasteiger partial charge in [0.1, 0.15) is 11.5 Å². The molecular formula is C15H13O3. The fourth-order valence-electron chi connectivity index (χ4n) is 1.46. The molecule has 91 valence electrons. The molecule has 0 unspecified atom stereocenters. The van der Waals surface area contributed by atoms with Crippen molar-refractivity contribution in [3.8, 4) is 11.5 Å². The number of esters is 1. The van der Waals surface area contributed by atoms with E-state index in [0.717, 1.165) is 0 Å². The van der Waals surface area contributed by atoms with Crippen molar-refractivity contribution in [2.75, 3.05) is 6.61 Å². The van der Waals surface area contributed by atoms with Crippen molar-refractivity contribution in [3.05, 3.63) is 60.2 Å². The van der Waals surface area contributed by atoms with Gasteiger partial charge in [-0.1, -0.05) is 18.2 Å². The summed E-state index contributed by atoms with van der Waals surface area (Å²) < 4.78 is 10.5. The van der Waals surface area contributed by atoms with Gasteiger partial charge >= 0.3 is 5.97 Å². The number of para-hydroxylation sites is 1. The normalized spacial score (nSPS) is 9.83. The van der Waals surface area contributed by atoms with E-state index in [2.05, 4.69) is 6.07 Å². The van der Waals surface area contributed by atoms with E-state index < -0.39 is 0 Å². The first-order valence-electron chi connectivity index (χ1n) is 5.71. The molecule has 18 heavy (non-hydrogen) atoms. The lowest BCUT2D eigenvalue weighted by Gasteiger charge is -2.06. The topological polar surface area (TPSA) is 35.5 Å². The third kappa shape index (κ3) is 3.10. The minimum absolute atomic E-state index is 0.353. The van der Waals surface area contributed by atoms with Gasteiger partial charge < -0.3 is 9.47 Å². The molecule has 0 bridgehead atoms. The molecule has 0 amide bonds. The Morgan fingerprint density at radius 2 is 2.00 bits per heavy atom. The first-order valence-corrected chi connectivity index (χ1v) is 5.71. The number of carbonyl (C=O) groups excluding carboxylic acids is 1. The molecule has 3 heteroatoms. The summed E-state index contributed by atoms with van der Waals surface area (Å²) in [5.74, 6) is 0.839. The molecule has 2 aromatic rings. The summed E-state index contributed by atoms with van der Waals surface area (Å²) in [5, 5.41) is 0. The molecule has 2 aromatic carbocycles. The number of ether oxygens (including phenoxy) is 2. The van der Waals surface area contributed by atoms with Crippen molar-refractivity contribution < 1.29 is 14.3 Å². The van der Waals surface area contributed by atoms with Crippen LogP contribution in [0.25, 0.3) is 0 Å². The van der Waals surface area contributed by atoms with Gasteiger partial charge in [-0.25, -0.2) is 4.79 Å². The monoisotopic (exact) mass is 241 g/mol. The predicted molar refractivity (Wildman–Crippen MR) is 67.8 cm³/mol. The molecule has 0 aliphatic heterocycles. The van der Waals surface area contributed by atoms with Crippen molar-refractivity contribution in [1.82, 2.24) is 0 Å². The lowest BCUT2D eigenvalue weighted by atomic mass is 10.2. The first-order chi connectivity index (χ1) is 8.79. The van der Waals surface area contributed by atoms with Crippen molar-refractivity contribution >= 4 is 5.97 Å². The van der Waals surface area contributed by atoms with E-state index in [1.165, 1.54) is 0 Å². The predicted octanol–water partition coefficient (Wildman–Crippen LogP) is 3.46. The third-order valence-corrected chi connectivity index (χ3v) is 2.26. The molecule has 0 N–H and O–H groups in total. The van der Waals surface area contributed by atoms with Crippen LogP contribution in [0.5, 0.6) is 11.5 Å². The van der Waals surface area contributed by atoms with Crippen LogP contribution in [0.3, 0.4) is 0 Å². The van der Waals surface area contributed by atoms with E-state index in [0.29, 0.717) is 23.7 Å². The van der Waals surface area contributed by atoms with Crippen molar-refractivity contribution in [2.24, 2.45) is 0 Å². The Morgan fingerprint density at radius 1 is 1.22 bits per heavy atom. The summed E-state index contributed by atoms with van der Waals surface area (Å²) in [6.45, 7) is 2.13.